The van der Waals surface area contributed by atoms with E-state index in [1.807, 2.05) is 4.90 Å². The van der Waals surface area contributed by atoms with Crippen molar-refractivity contribution < 1.29 is 24.0 Å². The molecule has 0 spiro atoms. The first-order valence-corrected chi connectivity index (χ1v) is 8.60. The number of nitrogens with one attached hydrogen (secondary N) is 1. The lowest BCUT2D eigenvalue weighted by atomic mass is 10.1. The van der Waals surface area contributed by atoms with Gasteiger partial charge < -0.3 is 19.7 Å². The van der Waals surface area contributed by atoms with Gasteiger partial charge in [0.15, 0.2) is 0 Å². The minimum atomic E-state index is -0.533. The van der Waals surface area contributed by atoms with Crippen LogP contribution in [0.15, 0.2) is 42.5 Å². The Morgan fingerprint density at radius 1 is 1.14 bits per heavy atom. The van der Waals surface area contributed by atoms with Gasteiger partial charge in [0, 0.05) is 36.5 Å². The Labute approximate surface area is 161 Å². The van der Waals surface area contributed by atoms with Crippen LogP contribution in [0.5, 0.6) is 0 Å². The molecule has 9 nitrogen and oxygen atoms in total. The van der Waals surface area contributed by atoms with Crippen LogP contribution in [0.2, 0.25) is 0 Å². The molecule has 0 aliphatic carbocycles. The smallest absolute Gasteiger partial charge is 0.340 e. The van der Waals surface area contributed by atoms with Crippen molar-refractivity contribution in [2.45, 2.75) is 0 Å². The van der Waals surface area contributed by atoms with Gasteiger partial charge in [0.1, 0.15) is 0 Å². The summed E-state index contributed by atoms with van der Waals surface area (Å²) in [6, 6.07) is 10.3. The Balaban J connectivity index is 1.82. The molecule has 1 heterocycles. The second kappa shape index (κ2) is 8.49. The fraction of sp³-hybridized carbons (Fsp3) is 0.263. The summed E-state index contributed by atoms with van der Waals surface area (Å²) in [7, 11) is 1.30. The first kappa shape index (κ1) is 19.3. The van der Waals surface area contributed by atoms with Crippen LogP contribution in [-0.4, -0.2) is 50.2 Å². The summed E-state index contributed by atoms with van der Waals surface area (Å²) in [6.45, 7) is 2.44. The number of carbonyl (C=O) groups excluding carboxylic acids is 2. The highest BCUT2D eigenvalue weighted by molar-refractivity contribution is 6.05. The predicted octanol–water partition coefficient (Wildman–Crippen LogP) is 2.47. The van der Waals surface area contributed by atoms with Gasteiger partial charge in [-0.2, -0.15) is 0 Å². The highest BCUT2D eigenvalue weighted by Gasteiger charge is 2.20. The molecule has 0 bridgehead atoms. The third-order valence-corrected chi connectivity index (χ3v) is 4.35. The zero-order valence-electron chi connectivity index (χ0n) is 15.2. The van der Waals surface area contributed by atoms with Gasteiger partial charge >= 0.3 is 5.97 Å². The van der Waals surface area contributed by atoms with Crippen LogP contribution in [0.25, 0.3) is 0 Å². The Hall–Kier alpha value is -3.46. The standard InChI is InChI=1S/C19H19N3O6/c1-27-19(24)16-12-14(4-7-17(16)21-8-10-28-11-9-21)20-18(23)13-2-5-15(6-3-13)22(25)26/h2-7,12H,8-11H2,1H3,(H,20,23). The number of anilines is 2. The zero-order valence-corrected chi connectivity index (χ0v) is 15.2. The molecule has 0 atom stereocenters. The number of esters is 1. The Kier molecular flexibility index (Phi) is 5.85. The lowest BCUT2D eigenvalue weighted by Gasteiger charge is -2.30. The van der Waals surface area contributed by atoms with Crippen molar-refractivity contribution in [3.63, 3.8) is 0 Å². The van der Waals surface area contributed by atoms with Crippen LogP contribution in [0.4, 0.5) is 17.1 Å². The van der Waals surface area contributed by atoms with E-state index < -0.39 is 16.8 Å². The molecular formula is C19H19N3O6. The molecule has 0 radical (unpaired) electrons. The molecule has 0 unspecified atom stereocenters. The summed E-state index contributed by atoms with van der Waals surface area (Å²) in [5.74, 6) is -0.947. The molecule has 9 heteroatoms. The minimum Gasteiger partial charge on any atom is -0.465 e. The molecule has 1 fully saturated rings. The first-order chi connectivity index (χ1) is 13.5. The van der Waals surface area contributed by atoms with E-state index in [1.54, 1.807) is 18.2 Å². The average molecular weight is 385 g/mol. The average Bonchev–Trinajstić information content (AvgIpc) is 2.73. The molecule has 1 aliphatic heterocycles. The van der Waals surface area contributed by atoms with Crippen LogP contribution in [-0.2, 0) is 9.47 Å². The van der Waals surface area contributed by atoms with E-state index in [0.29, 0.717) is 43.2 Å². The monoisotopic (exact) mass is 385 g/mol. The van der Waals surface area contributed by atoms with E-state index >= 15 is 0 Å². The van der Waals surface area contributed by atoms with Gasteiger partial charge in [0.25, 0.3) is 11.6 Å². The van der Waals surface area contributed by atoms with E-state index in [2.05, 4.69) is 5.32 Å². The topological polar surface area (TPSA) is 111 Å². The molecular weight excluding hydrogens is 366 g/mol. The van der Waals surface area contributed by atoms with Crippen molar-refractivity contribution >= 4 is 28.9 Å². The van der Waals surface area contributed by atoms with Crippen LogP contribution in [0.3, 0.4) is 0 Å². The fourth-order valence-corrected chi connectivity index (χ4v) is 2.91. The summed E-state index contributed by atoms with van der Waals surface area (Å²) in [5, 5.41) is 13.4. The minimum absolute atomic E-state index is 0.0978. The number of non-ortho nitro benzene ring substituents is 1. The Morgan fingerprint density at radius 3 is 2.43 bits per heavy atom. The van der Waals surface area contributed by atoms with E-state index in [1.165, 1.54) is 31.4 Å². The highest BCUT2D eigenvalue weighted by atomic mass is 16.6. The van der Waals surface area contributed by atoms with Crippen LogP contribution in [0.1, 0.15) is 20.7 Å². The van der Waals surface area contributed by atoms with Gasteiger partial charge in [-0.25, -0.2) is 4.79 Å². The number of hydrogen-bond donors (Lipinski definition) is 1. The van der Waals surface area contributed by atoms with Gasteiger partial charge in [-0.05, 0) is 30.3 Å². The number of methoxy groups -OCH3 is 1. The molecule has 1 amide bonds. The molecule has 0 aromatic heterocycles. The number of hydrogen-bond acceptors (Lipinski definition) is 7. The summed E-state index contributed by atoms with van der Waals surface area (Å²) in [4.78, 5) is 36.8. The van der Waals surface area contributed by atoms with Gasteiger partial charge in [-0.3, -0.25) is 14.9 Å². The Bertz CT molecular complexity index is 891. The predicted molar refractivity (Wildman–Crippen MR) is 102 cm³/mol. The summed E-state index contributed by atoms with van der Waals surface area (Å²) in [6.07, 6.45) is 0. The van der Waals surface area contributed by atoms with E-state index in [0.717, 1.165) is 0 Å². The van der Waals surface area contributed by atoms with Crippen LogP contribution < -0.4 is 10.2 Å². The first-order valence-electron chi connectivity index (χ1n) is 8.60. The Morgan fingerprint density at radius 2 is 1.82 bits per heavy atom. The summed E-state index contributed by atoms with van der Waals surface area (Å²) < 4.78 is 10.2. The van der Waals surface area contributed by atoms with Crippen molar-refractivity contribution in [1.82, 2.24) is 0 Å². The second-order valence-electron chi connectivity index (χ2n) is 6.08. The van der Waals surface area contributed by atoms with E-state index in [9.17, 15) is 19.7 Å². The maximum absolute atomic E-state index is 12.4. The quantitative estimate of drug-likeness (QED) is 0.478. The number of carbonyl (C=O) groups is 2. The van der Waals surface area contributed by atoms with Crippen molar-refractivity contribution in [3.8, 4) is 0 Å². The second-order valence-corrected chi connectivity index (χ2v) is 6.08. The van der Waals surface area contributed by atoms with Crippen molar-refractivity contribution in [2.75, 3.05) is 43.6 Å². The van der Waals surface area contributed by atoms with E-state index in [-0.39, 0.29) is 11.3 Å². The number of amides is 1. The van der Waals surface area contributed by atoms with Gasteiger partial charge in [0.05, 0.1) is 36.5 Å². The largest absolute Gasteiger partial charge is 0.465 e. The third-order valence-electron chi connectivity index (χ3n) is 4.35. The maximum Gasteiger partial charge on any atom is 0.340 e. The van der Waals surface area contributed by atoms with Gasteiger partial charge in [-0.15, -0.1) is 0 Å². The lowest BCUT2D eigenvalue weighted by molar-refractivity contribution is -0.384. The van der Waals surface area contributed by atoms with Crippen molar-refractivity contribution in [3.05, 3.63) is 63.7 Å². The van der Waals surface area contributed by atoms with Crippen molar-refractivity contribution in [1.29, 1.82) is 0 Å². The third kappa shape index (κ3) is 4.26. The lowest BCUT2D eigenvalue weighted by Crippen LogP contribution is -2.37. The number of ether oxygens (including phenoxy) is 2. The number of nitro groups is 1. The highest BCUT2D eigenvalue weighted by Crippen LogP contribution is 2.26. The van der Waals surface area contributed by atoms with Crippen LogP contribution in [0, 0.1) is 10.1 Å². The molecule has 146 valence electrons. The fourth-order valence-electron chi connectivity index (χ4n) is 2.91. The normalized spacial score (nSPS) is 13.7. The molecule has 0 saturated carbocycles. The van der Waals surface area contributed by atoms with Gasteiger partial charge in [0.2, 0.25) is 0 Å². The van der Waals surface area contributed by atoms with Crippen LogP contribution >= 0.6 is 0 Å². The molecule has 28 heavy (non-hydrogen) atoms. The number of nitrogens with zero attached hydrogens (tertiary/aromatic N) is 2. The molecule has 1 aliphatic rings. The molecule has 3 rings (SSSR count). The SMILES string of the molecule is COC(=O)c1cc(NC(=O)c2ccc([N+](=O)[O-])cc2)ccc1N1CCOCC1. The molecule has 1 N–H and O–H groups in total. The van der Waals surface area contributed by atoms with Gasteiger partial charge in [-0.1, -0.05) is 0 Å². The molecule has 2 aromatic rings. The number of nitro benzene ring substituents is 1. The molecule has 2 aromatic carbocycles. The maximum atomic E-state index is 12.4. The van der Waals surface area contributed by atoms with Crippen molar-refractivity contribution in [2.24, 2.45) is 0 Å². The summed E-state index contributed by atoms with van der Waals surface area (Å²) in [5.41, 5.74) is 1.64. The van der Waals surface area contributed by atoms with E-state index in [4.69, 9.17) is 9.47 Å². The number of benzene rings is 2. The zero-order chi connectivity index (χ0) is 20.1. The molecule has 1 saturated heterocycles. The summed E-state index contributed by atoms with van der Waals surface area (Å²) >= 11 is 0. The number of morpholine rings is 1. The number of rotatable bonds is 5.